The number of carbonyl (C=O) groups is 1. The van der Waals surface area contributed by atoms with Crippen LogP contribution in [0.15, 0.2) is 12.4 Å². The molecule has 0 bridgehead atoms. The molecule has 0 amide bonds. The SMILES string of the molecule is COC(=O)CC1CN(CCn2ccnc2C)CCO1. The molecule has 1 aliphatic rings. The van der Waals surface area contributed by atoms with Crippen molar-refractivity contribution in [2.45, 2.75) is 26.0 Å². The van der Waals surface area contributed by atoms with Crippen LogP contribution >= 0.6 is 0 Å². The fraction of sp³-hybridized carbons (Fsp3) is 0.692. The minimum absolute atomic E-state index is 0.0508. The number of aryl methyl sites for hydroxylation is 1. The van der Waals surface area contributed by atoms with Crippen molar-refractivity contribution in [1.29, 1.82) is 0 Å². The van der Waals surface area contributed by atoms with Crippen LogP contribution in [-0.4, -0.2) is 59.9 Å². The Balaban J connectivity index is 1.78. The monoisotopic (exact) mass is 267 g/mol. The first kappa shape index (κ1) is 14.0. The lowest BCUT2D eigenvalue weighted by Crippen LogP contribution is -2.44. The third-order valence-electron chi connectivity index (χ3n) is 3.43. The number of hydrogen-bond donors (Lipinski definition) is 0. The Kier molecular flexibility index (Phi) is 4.93. The van der Waals surface area contributed by atoms with E-state index in [0.717, 1.165) is 32.0 Å². The van der Waals surface area contributed by atoms with E-state index in [0.29, 0.717) is 13.0 Å². The zero-order chi connectivity index (χ0) is 13.7. The lowest BCUT2D eigenvalue weighted by Gasteiger charge is -2.32. The molecule has 0 aromatic carbocycles. The first-order valence-corrected chi connectivity index (χ1v) is 6.57. The number of carbonyl (C=O) groups excluding carboxylic acids is 1. The Labute approximate surface area is 113 Å². The third-order valence-corrected chi connectivity index (χ3v) is 3.43. The average molecular weight is 267 g/mol. The molecule has 0 spiro atoms. The number of imidazole rings is 1. The van der Waals surface area contributed by atoms with Gasteiger partial charge in [-0.1, -0.05) is 0 Å². The van der Waals surface area contributed by atoms with Crippen LogP contribution in [0.5, 0.6) is 0 Å². The number of methoxy groups -OCH3 is 1. The number of esters is 1. The molecule has 0 aliphatic carbocycles. The standard InChI is InChI=1S/C13H21N3O3/c1-11-14-3-4-16(11)6-5-15-7-8-19-12(10-15)9-13(17)18-2/h3-4,12H,5-10H2,1-2H3. The quantitative estimate of drug-likeness (QED) is 0.725. The van der Waals surface area contributed by atoms with E-state index >= 15 is 0 Å². The van der Waals surface area contributed by atoms with Gasteiger partial charge < -0.3 is 14.0 Å². The van der Waals surface area contributed by atoms with E-state index in [9.17, 15) is 4.79 Å². The highest BCUT2D eigenvalue weighted by Crippen LogP contribution is 2.09. The van der Waals surface area contributed by atoms with Crippen LogP contribution in [0.3, 0.4) is 0 Å². The molecule has 1 atom stereocenters. The van der Waals surface area contributed by atoms with Gasteiger partial charge in [-0.25, -0.2) is 4.98 Å². The van der Waals surface area contributed by atoms with Gasteiger partial charge in [-0.2, -0.15) is 0 Å². The molecule has 0 radical (unpaired) electrons. The number of ether oxygens (including phenoxy) is 2. The van der Waals surface area contributed by atoms with Crippen molar-refractivity contribution in [3.05, 3.63) is 18.2 Å². The van der Waals surface area contributed by atoms with Gasteiger partial charge in [0.25, 0.3) is 0 Å². The second-order valence-electron chi connectivity index (χ2n) is 4.74. The number of hydrogen-bond acceptors (Lipinski definition) is 5. The molecule has 106 valence electrons. The smallest absolute Gasteiger partial charge is 0.308 e. The summed E-state index contributed by atoms with van der Waals surface area (Å²) in [6, 6.07) is 0. The summed E-state index contributed by atoms with van der Waals surface area (Å²) in [7, 11) is 1.41. The summed E-state index contributed by atoms with van der Waals surface area (Å²) in [5.74, 6) is 0.816. The highest BCUT2D eigenvalue weighted by molar-refractivity contribution is 5.69. The van der Waals surface area contributed by atoms with E-state index in [4.69, 9.17) is 4.74 Å². The lowest BCUT2D eigenvalue weighted by molar-refractivity contribution is -0.145. The molecular formula is C13H21N3O3. The van der Waals surface area contributed by atoms with Crippen LogP contribution in [0.25, 0.3) is 0 Å². The highest BCUT2D eigenvalue weighted by Gasteiger charge is 2.22. The third kappa shape index (κ3) is 4.04. The van der Waals surface area contributed by atoms with E-state index < -0.39 is 0 Å². The fourth-order valence-corrected chi connectivity index (χ4v) is 2.27. The minimum atomic E-state index is -0.211. The van der Waals surface area contributed by atoms with Gasteiger partial charge in [0, 0.05) is 38.6 Å². The summed E-state index contributed by atoms with van der Waals surface area (Å²) < 4.78 is 12.4. The second-order valence-corrected chi connectivity index (χ2v) is 4.74. The summed E-state index contributed by atoms with van der Waals surface area (Å²) in [6.45, 7) is 6.22. The molecule has 1 unspecified atom stereocenters. The van der Waals surface area contributed by atoms with Crippen LogP contribution in [0.2, 0.25) is 0 Å². The maximum Gasteiger partial charge on any atom is 0.308 e. The van der Waals surface area contributed by atoms with Gasteiger partial charge in [-0.05, 0) is 6.92 Å². The van der Waals surface area contributed by atoms with Crippen molar-refractivity contribution in [3.63, 3.8) is 0 Å². The van der Waals surface area contributed by atoms with E-state index in [1.54, 1.807) is 0 Å². The predicted octanol–water partition coefficient (Wildman–Crippen LogP) is 0.455. The Morgan fingerprint density at radius 2 is 2.42 bits per heavy atom. The molecule has 2 rings (SSSR count). The topological polar surface area (TPSA) is 56.6 Å². The maximum atomic E-state index is 11.2. The van der Waals surface area contributed by atoms with Gasteiger partial charge >= 0.3 is 5.97 Å². The van der Waals surface area contributed by atoms with E-state index in [1.165, 1.54) is 7.11 Å². The van der Waals surface area contributed by atoms with Gasteiger partial charge in [0.05, 0.1) is 26.2 Å². The molecule has 1 aromatic rings. The summed E-state index contributed by atoms with van der Waals surface area (Å²) in [6.07, 6.45) is 4.08. The Bertz CT molecular complexity index is 419. The van der Waals surface area contributed by atoms with E-state index in [2.05, 4.69) is 19.2 Å². The van der Waals surface area contributed by atoms with Gasteiger partial charge in [-0.3, -0.25) is 9.69 Å². The number of nitrogens with zero attached hydrogens (tertiary/aromatic N) is 3. The van der Waals surface area contributed by atoms with Gasteiger partial charge in [0.15, 0.2) is 0 Å². The summed E-state index contributed by atoms with van der Waals surface area (Å²) in [5, 5.41) is 0. The van der Waals surface area contributed by atoms with Crippen molar-refractivity contribution in [1.82, 2.24) is 14.5 Å². The van der Waals surface area contributed by atoms with Gasteiger partial charge in [-0.15, -0.1) is 0 Å². The molecular weight excluding hydrogens is 246 g/mol. The molecule has 19 heavy (non-hydrogen) atoms. The van der Waals surface area contributed by atoms with E-state index in [1.807, 2.05) is 19.3 Å². The maximum absolute atomic E-state index is 11.2. The van der Waals surface area contributed by atoms with E-state index in [-0.39, 0.29) is 12.1 Å². The molecule has 0 N–H and O–H groups in total. The van der Waals surface area contributed by atoms with Crippen LogP contribution < -0.4 is 0 Å². The van der Waals surface area contributed by atoms with Crippen molar-refractivity contribution < 1.29 is 14.3 Å². The molecule has 6 nitrogen and oxygen atoms in total. The molecule has 1 fully saturated rings. The minimum Gasteiger partial charge on any atom is -0.469 e. The van der Waals surface area contributed by atoms with Crippen molar-refractivity contribution in [2.24, 2.45) is 0 Å². The van der Waals surface area contributed by atoms with Crippen molar-refractivity contribution in [2.75, 3.05) is 33.4 Å². The molecule has 2 heterocycles. The fourth-order valence-electron chi connectivity index (χ4n) is 2.27. The first-order chi connectivity index (χ1) is 9.19. The van der Waals surface area contributed by atoms with Crippen LogP contribution in [-0.2, 0) is 20.8 Å². The Morgan fingerprint density at radius 1 is 1.58 bits per heavy atom. The molecule has 1 saturated heterocycles. The normalized spacial score (nSPS) is 20.4. The Hall–Kier alpha value is -1.40. The highest BCUT2D eigenvalue weighted by atomic mass is 16.5. The second kappa shape index (κ2) is 6.68. The van der Waals surface area contributed by atoms with Crippen LogP contribution in [0, 0.1) is 6.92 Å². The summed E-state index contributed by atoms with van der Waals surface area (Å²) in [4.78, 5) is 17.8. The zero-order valence-corrected chi connectivity index (χ0v) is 11.5. The lowest BCUT2D eigenvalue weighted by atomic mass is 10.2. The van der Waals surface area contributed by atoms with Crippen molar-refractivity contribution in [3.8, 4) is 0 Å². The van der Waals surface area contributed by atoms with Crippen LogP contribution in [0.1, 0.15) is 12.2 Å². The summed E-state index contributed by atoms with van der Waals surface area (Å²) in [5.41, 5.74) is 0. The van der Waals surface area contributed by atoms with Crippen molar-refractivity contribution >= 4 is 5.97 Å². The molecule has 1 aliphatic heterocycles. The van der Waals surface area contributed by atoms with Crippen LogP contribution in [0.4, 0.5) is 0 Å². The molecule has 6 heteroatoms. The Morgan fingerprint density at radius 3 is 3.11 bits per heavy atom. The summed E-state index contributed by atoms with van der Waals surface area (Å²) >= 11 is 0. The zero-order valence-electron chi connectivity index (χ0n) is 11.5. The predicted molar refractivity (Wildman–Crippen MR) is 69.8 cm³/mol. The first-order valence-electron chi connectivity index (χ1n) is 6.57. The number of aromatic nitrogens is 2. The molecule has 0 saturated carbocycles. The van der Waals surface area contributed by atoms with Gasteiger partial charge in [0.2, 0.25) is 0 Å². The largest absolute Gasteiger partial charge is 0.469 e. The number of rotatable bonds is 5. The average Bonchev–Trinajstić information content (AvgIpc) is 2.82. The number of morpholine rings is 1. The molecule has 1 aromatic heterocycles. The van der Waals surface area contributed by atoms with Gasteiger partial charge in [0.1, 0.15) is 5.82 Å².